The largest absolute Gasteiger partial charge is 0.298 e. The van der Waals surface area contributed by atoms with Crippen LogP contribution in [0.5, 0.6) is 0 Å². The summed E-state index contributed by atoms with van der Waals surface area (Å²) in [6, 6.07) is 7.56. The fourth-order valence-electron chi connectivity index (χ4n) is 1.97. The number of hydrogen-bond acceptors (Lipinski definition) is 3. The number of ketones is 1. The minimum atomic E-state index is 0.159. The van der Waals surface area contributed by atoms with E-state index in [2.05, 4.69) is 21.0 Å². The van der Waals surface area contributed by atoms with Gasteiger partial charge in [0.25, 0.3) is 0 Å². The maximum atomic E-state index is 12.2. The molecule has 0 atom stereocenters. The second-order valence-corrected chi connectivity index (χ2v) is 6.84. The van der Waals surface area contributed by atoms with Crippen LogP contribution >= 0.6 is 39.3 Å². The van der Waals surface area contributed by atoms with Crippen molar-refractivity contribution in [2.75, 3.05) is 5.75 Å². The van der Waals surface area contributed by atoms with Crippen molar-refractivity contribution < 1.29 is 4.79 Å². The predicted molar refractivity (Wildman–Crippen MR) is 91.2 cm³/mol. The quantitative estimate of drug-likeness (QED) is 0.693. The van der Waals surface area contributed by atoms with Crippen LogP contribution in [0.1, 0.15) is 18.3 Å². The lowest BCUT2D eigenvalue weighted by Crippen LogP contribution is -2.10. The van der Waals surface area contributed by atoms with E-state index in [-0.39, 0.29) is 5.78 Å². The van der Waals surface area contributed by atoms with Crippen LogP contribution < -0.4 is 0 Å². The molecule has 0 aliphatic heterocycles. The minimum absolute atomic E-state index is 0.159. The Kier molecular flexibility index (Phi) is 5.90. The van der Waals surface area contributed by atoms with Crippen LogP contribution in [0.3, 0.4) is 0 Å². The van der Waals surface area contributed by atoms with E-state index in [9.17, 15) is 4.79 Å². The molecule has 0 saturated heterocycles. The molecule has 0 saturated carbocycles. The zero-order valence-corrected chi connectivity index (χ0v) is 15.1. The van der Waals surface area contributed by atoms with Crippen LogP contribution in [0.25, 0.3) is 0 Å². The van der Waals surface area contributed by atoms with E-state index >= 15 is 0 Å². The van der Waals surface area contributed by atoms with E-state index in [1.54, 1.807) is 4.68 Å². The van der Waals surface area contributed by atoms with Crippen LogP contribution in [0.2, 0.25) is 5.02 Å². The van der Waals surface area contributed by atoms with Gasteiger partial charge >= 0.3 is 0 Å². The maximum absolute atomic E-state index is 12.2. The molecule has 1 aromatic heterocycles. The van der Waals surface area contributed by atoms with Crippen molar-refractivity contribution in [3.8, 4) is 0 Å². The van der Waals surface area contributed by atoms with Gasteiger partial charge in [-0.25, -0.2) is 0 Å². The van der Waals surface area contributed by atoms with E-state index in [0.717, 1.165) is 27.2 Å². The molecule has 112 valence electrons. The number of benzene rings is 1. The Bertz CT molecular complexity index is 657. The first-order valence-electron chi connectivity index (χ1n) is 6.62. The van der Waals surface area contributed by atoms with E-state index in [0.29, 0.717) is 17.2 Å². The summed E-state index contributed by atoms with van der Waals surface area (Å²) in [4.78, 5) is 13.1. The SMILES string of the molecule is CCc1nn(C)c(CC(=O)CSc2ccccc2Cl)c1Br. The fourth-order valence-corrected chi connectivity index (χ4v) is 3.82. The second kappa shape index (κ2) is 7.47. The Morgan fingerprint density at radius 3 is 2.76 bits per heavy atom. The van der Waals surface area contributed by atoms with Gasteiger partial charge in [-0.3, -0.25) is 9.48 Å². The second-order valence-electron chi connectivity index (χ2n) is 4.62. The average Bonchev–Trinajstić information content (AvgIpc) is 2.74. The molecule has 0 bridgehead atoms. The standard InChI is InChI=1S/C15H16BrClN2OS/c1-3-12-15(16)13(19(2)18-12)8-10(20)9-21-14-7-5-4-6-11(14)17/h4-7H,3,8-9H2,1-2H3. The van der Waals surface area contributed by atoms with Crippen LogP contribution in [-0.4, -0.2) is 21.3 Å². The zero-order valence-electron chi connectivity index (χ0n) is 11.9. The molecule has 0 spiro atoms. The first-order chi connectivity index (χ1) is 10.0. The summed E-state index contributed by atoms with van der Waals surface area (Å²) >= 11 is 11.1. The fraction of sp³-hybridized carbons (Fsp3) is 0.333. The highest BCUT2D eigenvalue weighted by Gasteiger charge is 2.16. The summed E-state index contributed by atoms with van der Waals surface area (Å²) in [7, 11) is 1.87. The monoisotopic (exact) mass is 386 g/mol. The van der Waals surface area contributed by atoms with E-state index < -0.39 is 0 Å². The van der Waals surface area contributed by atoms with Gasteiger partial charge < -0.3 is 0 Å². The topological polar surface area (TPSA) is 34.9 Å². The number of carbonyl (C=O) groups excluding carboxylic acids is 1. The molecule has 0 amide bonds. The molecule has 3 nitrogen and oxygen atoms in total. The molecular formula is C15H16BrClN2OS. The van der Waals surface area contributed by atoms with Gasteiger partial charge in [0.1, 0.15) is 5.78 Å². The first-order valence-corrected chi connectivity index (χ1v) is 8.77. The van der Waals surface area contributed by atoms with Crippen LogP contribution in [-0.2, 0) is 24.7 Å². The number of halogens is 2. The molecule has 2 rings (SSSR count). The van der Waals surface area contributed by atoms with E-state index in [4.69, 9.17) is 11.6 Å². The smallest absolute Gasteiger partial charge is 0.149 e. The average molecular weight is 388 g/mol. The summed E-state index contributed by atoms with van der Waals surface area (Å²) < 4.78 is 2.73. The molecule has 0 radical (unpaired) electrons. The normalized spacial score (nSPS) is 10.9. The highest BCUT2D eigenvalue weighted by Crippen LogP contribution is 2.27. The van der Waals surface area contributed by atoms with Crippen molar-refractivity contribution in [1.29, 1.82) is 0 Å². The molecular weight excluding hydrogens is 372 g/mol. The lowest BCUT2D eigenvalue weighted by molar-refractivity contribution is -0.116. The molecule has 0 N–H and O–H groups in total. The highest BCUT2D eigenvalue weighted by molar-refractivity contribution is 9.10. The number of rotatable bonds is 6. The van der Waals surface area contributed by atoms with Crippen LogP contribution in [0.4, 0.5) is 0 Å². The molecule has 0 unspecified atom stereocenters. The number of aromatic nitrogens is 2. The molecule has 6 heteroatoms. The van der Waals surface area contributed by atoms with Crippen molar-refractivity contribution in [1.82, 2.24) is 9.78 Å². The first kappa shape index (κ1) is 16.6. The zero-order chi connectivity index (χ0) is 15.4. The Morgan fingerprint density at radius 1 is 1.43 bits per heavy atom. The number of hydrogen-bond donors (Lipinski definition) is 0. The van der Waals surface area contributed by atoms with Crippen LogP contribution in [0, 0.1) is 0 Å². The summed E-state index contributed by atoms with van der Waals surface area (Å²) in [6.45, 7) is 2.05. The number of nitrogens with zero attached hydrogens (tertiary/aromatic N) is 2. The third-order valence-corrected chi connectivity index (χ3v) is 5.58. The minimum Gasteiger partial charge on any atom is -0.298 e. The Balaban J connectivity index is 2.00. The van der Waals surface area contributed by atoms with E-state index in [1.807, 2.05) is 38.2 Å². The van der Waals surface area contributed by atoms with Crippen molar-refractivity contribution in [3.63, 3.8) is 0 Å². The third kappa shape index (κ3) is 4.11. The molecule has 21 heavy (non-hydrogen) atoms. The summed E-state index contributed by atoms with van der Waals surface area (Å²) in [5.41, 5.74) is 1.91. The predicted octanol–water partition coefficient (Wildman–Crippen LogP) is 4.30. The molecule has 1 aromatic carbocycles. The third-order valence-electron chi connectivity index (χ3n) is 3.09. The molecule has 0 aliphatic carbocycles. The van der Waals surface area contributed by atoms with Crippen molar-refractivity contribution >= 4 is 45.1 Å². The Morgan fingerprint density at radius 2 is 2.14 bits per heavy atom. The number of aryl methyl sites for hydroxylation is 2. The van der Waals surface area contributed by atoms with Crippen LogP contribution in [0.15, 0.2) is 33.6 Å². The summed E-state index contributed by atoms with van der Waals surface area (Å²) in [6.07, 6.45) is 1.22. The van der Waals surface area contributed by atoms with Gasteiger partial charge in [-0.15, -0.1) is 11.8 Å². The van der Waals surface area contributed by atoms with Gasteiger partial charge in [-0.05, 0) is 34.5 Å². The van der Waals surface area contributed by atoms with Gasteiger partial charge in [-0.2, -0.15) is 5.10 Å². The van der Waals surface area contributed by atoms with Gasteiger partial charge in [0.15, 0.2) is 0 Å². The van der Waals surface area contributed by atoms with Crippen molar-refractivity contribution in [3.05, 3.63) is 45.1 Å². The maximum Gasteiger partial charge on any atom is 0.149 e. The molecule has 0 fully saturated rings. The number of thioether (sulfide) groups is 1. The molecule has 1 heterocycles. The molecule has 2 aromatic rings. The van der Waals surface area contributed by atoms with Gasteiger partial charge in [0.05, 0.1) is 33.1 Å². The summed E-state index contributed by atoms with van der Waals surface area (Å²) in [5, 5.41) is 5.09. The lowest BCUT2D eigenvalue weighted by Gasteiger charge is -2.04. The van der Waals surface area contributed by atoms with Crippen molar-refractivity contribution in [2.24, 2.45) is 7.05 Å². The Labute approximate surface area is 142 Å². The van der Waals surface area contributed by atoms with Gasteiger partial charge in [0, 0.05) is 11.9 Å². The highest BCUT2D eigenvalue weighted by atomic mass is 79.9. The lowest BCUT2D eigenvalue weighted by atomic mass is 10.2. The van der Waals surface area contributed by atoms with Gasteiger partial charge in [0.2, 0.25) is 0 Å². The number of carbonyl (C=O) groups is 1. The summed E-state index contributed by atoms with van der Waals surface area (Å²) in [5.74, 6) is 0.564. The van der Waals surface area contributed by atoms with E-state index in [1.165, 1.54) is 11.8 Å². The van der Waals surface area contributed by atoms with Gasteiger partial charge in [-0.1, -0.05) is 30.7 Å². The number of Topliss-reactive ketones (excluding diaryl/α,β-unsaturated/α-hetero) is 1. The molecule has 0 aliphatic rings. The van der Waals surface area contributed by atoms with Crippen molar-refractivity contribution in [2.45, 2.75) is 24.7 Å². The Hall–Kier alpha value is -0.780.